The number of hydrogen-bond donors (Lipinski definition) is 5. The summed E-state index contributed by atoms with van der Waals surface area (Å²) in [6.45, 7) is 0. The molecule has 0 aromatic heterocycles. The minimum absolute atomic E-state index is 0.0823. The highest BCUT2D eigenvalue weighted by Gasteiger charge is 2.28. The van der Waals surface area contributed by atoms with E-state index in [2.05, 4.69) is 5.32 Å². The van der Waals surface area contributed by atoms with E-state index in [9.17, 15) is 24.7 Å². The SMILES string of the molecule is O=C(CC1CCCCC1)N[C@@H](Cc1cccc(C(=O)O)c1O)B(O)O. The number of amides is 1. The molecule has 0 heterocycles. The van der Waals surface area contributed by atoms with Crippen molar-refractivity contribution in [2.24, 2.45) is 5.92 Å². The smallest absolute Gasteiger partial charge is 0.475 e. The van der Waals surface area contributed by atoms with Crippen molar-refractivity contribution in [3.8, 4) is 5.75 Å². The number of rotatable bonds is 7. The predicted octanol–water partition coefficient (Wildman–Crippen LogP) is 1.10. The Bertz CT molecular complexity index is 615. The van der Waals surface area contributed by atoms with Crippen LogP contribution in [0.2, 0.25) is 0 Å². The van der Waals surface area contributed by atoms with Crippen molar-refractivity contribution in [1.29, 1.82) is 0 Å². The number of nitrogens with one attached hydrogen (secondary N) is 1. The Balaban J connectivity index is 2.02. The van der Waals surface area contributed by atoms with Crippen LogP contribution in [0.3, 0.4) is 0 Å². The van der Waals surface area contributed by atoms with E-state index in [0.29, 0.717) is 12.3 Å². The molecule has 0 radical (unpaired) electrons. The fourth-order valence-corrected chi connectivity index (χ4v) is 3.32. The van der Waals surface area contributed by atoms with Crippen LogP contribution in [0.4, 0.5) is 0 Å². The molecule has 25 heavy (non-hydrogen) atoms. The number of carbonyl (C=O) groups is 2. The lowest BCUT2D eigenvalue weighted by Gasteiger charge is -2.23. The molecule has 1 fully saturated rings. The summed E-state index contributed by atoms with van der Waals surface area (Å²) >= 11 is 0. The molecule has 1 amide bonds. The first-order valence-electron chi connectivity index (χ1n) is 8.58. The van der Waals surface area contributed by atoms with Gasteiger partial charge in [0.05, 0.1) is 5.94 Å². The second kappa shape index (κ2) is 8.87. The van der Waals surface area contributed by atoms with E-state index in [1.807, 2.05) is 0 Å². The Morgan fingerprint density at radius 1 is 1.20 bits per heavy atom. The van der Waals surface area contributed by atoms with Gasteiger partial charge in [-0.15, -0.1) is 0 Å². The molecule has 0 spiro atoms. The Morgan fingerprint density at radius 3 is 2.48 bits per heavy atom. The van der Waals surface area contributed by atoms with Crippen LogP contribution < -0.4 is 5.32 Å². The van der Waals surface area contributed by atoms with E-state index in [0.717, 1.165) is 25.7 Å². The van der Waals surface area contributed by atoms with Crippen molar-refractivity contribution in [2.45, 2.75) is 50.9 Å². The van der Waals surface area contributed by atoms with Gasteiger partial charge in [0, 0.05) is 6.42 Å². The van der Waals surface area contributed by atoms with Crippen LogP contribution in [-0.2, 0) is 11.2 Å². The van der Waals surface area contributed by atoms with E-state index in [1.165, 1.54) is 24.6 Å². The molecule has 1 saturated carbocycles. The number of hydrogen-bond acceptors (Lipinski definition) is 5. The number of carboxylic acid groups (broad SMARTS) is 1. The van der Waals surface area contributed by atoms with E-state index in [1.54, 1.807) is 0 Å². The van der Waals surface area contributed by atoms with Gasteiger partial charge in [-0.2, -0.15) is 0 Å². The maximum absolute atomic E-state index is 12.2. The second-order valence-electron chi connectivity index (χ2n) is 6.62. The number of benzene rings is 1. The largest absolute Gasteiger partial charge is 0.507 e. The third-order valence-corrected chi connectivity index (χ3v) is 4.69. The molecule has 2 rings (SSSR count). The van der Waals surface area contributed by atoms with Crippen LogP contribution >= 0.6 is 0 Å². The van der Waals surface area contributed by atoms with E-state index >= 15 is 0 Å². The van der Waals surface area contributed by atoms with Crippen LogP contribution in [-0.4, -0.2) is 45.2 Å². The number of aromatic hydroxyl groups is 1. The molecular formula is C17H24BNO6. The molecule has 1 aromatic rings. The van der Waals surface area contributed by atoms with Gasteiger partial charge >= 0.3 is 13.1 Å². The molecule has 0 aliphatic heterocycles. The molecular weight excluding hydrogens is 325 g/mol. The van der Waals surface area contributed by atoms with Gasteiger partial charge in [-0.25, -0.2) is 4.79 Å². The van der Waals surface area contributed by atoms with Crippen molar-refractivity contribution < 1.29 is 29.9 Å². The van der Waals surface area contributed by atoms with Gasteiger partial charge in [0.2, 0.25) is 5.91 Å². The van der Waals surface area contributed by atoms with Crippen LogP contribution in [0.5, 0.6) is 5.75 Å². The van der Waals surface area contributed by atoms with Gasteiger partial charge in [0.15, 0.2) is 0 Å². The summed E-state index contributed by atoms with van der Waals surface area (Å²) in [6.07, 6.45) is 5.67. The molecule has 0 saturated heterocycles. The third kappa shape index (κ3) is 5.47. The summed E-state index contributed by atoms with van der Waals surface area (Å²) in [5.74, 6) is -2.68. The van der Waals surface area contributed by atoms with Gasteiger partial charge in [-0.1, -0.05) is 31.4 Å². The molecule has 7 nitrogen and oxygen atoms in total. The van der Waals surface area contributed by atoms with Crippen LogP contribution in [0.25, 0.3) is 0 Å². The summed E-state index contributed by atoms with van der Waals surface area (Å²) in [4.78, 5) is 23.3. The predicted molar refractivity (Wildman–Crippen MR) is 92.1 cm³/mol. The third-order valence-electron chi connectivity index (χ3n) is 4.69. The Hall–Kier alpha value is -2.06. The molecule has 1 aromatic carbocycles. The van der Waals surface area contributed by atoms with Crippen LogP contribution in [0.1, 0.15) is 54.4 Å². The van der Waals surface area contributed by atoms with Gasteiger partial charge < -0.3 is 25.6 Å². The molecule has 1 atom stereocenters. The highest BCUT2D eigenvalue weighted by molar-refractivity contribution is 6.43. The summed E-state index contributed by atoms with van der Waals surface area (Å²) in [5, 5.41) is 40.7. The van der Waals surface area contributed by atoms with Gasteiger partial charge in [-0.05, 0) is 36.8 Å². The molecule has 136 valence electrons. The standard InChI is InChI=1S/C17H24BNO6/c20-15(9-11-5-2-1-3-6-11)19-14(18(24)25)10-12-7-4-8-13(16(12)21)17(22)23/h4,7-8,11,14,21,24-25H,1-3,5-6,9-10H2,(H,19,20)(H,22,23)/t14-/m0/s1. The van der Waals surface area contributed by atoms with Crippen molar-refractivity contribution in [1.82, 2.24) is 5.32 Å². The average molecular weight is 349 g/mol. The number of phenols is 1. The normalized spacial score (nSPS) is 16.2. The zero-order valence-corrected chi connectivity index (χ0v) is 14.0. The highest BCUT2D eigenvalue weighted by Crippen LogP contribution is 2.27. The van der Waals surface area contributed by atoms with Crippen LogP contribution in [0.15, 0.2) is 18.2 Å². The average Bonchev–Trinajstić information content (AvgIpc) is 2.56. The Labute approximate surface area is 146 Å². The van der Waals surface area contributed by atoms with Gasteiger partial charge in [0.25, 0.3) is 0 Å². The summed E-state index contributed by atoms with van der Waals surface area (Å²) < 4.78 is 0. The van der Waals surface area contributed by atoms with Crippen molar-refractivity contribution >= 4 is 19.0 Å². The molecule has 8 heteroatoms. The zero-order valence-electron chi connectivity index (χ0n) is 14.0. The summed E-state index contributed by atoms with van der Waals surface area (Å²) in [6, 6.07) is 4.21. The zero-order chi connectivity index (χ0) is 18.4. The lowest BCUT2D eigenvalue weighted by molar-refractivity contribution is -0.122. The fraction of sp³-hybridized carbons (Fsp3) is 0.529. The monoisotopic (exact) mass is 349 g/mol. The Morgan fingerprint density at radius 2 is 1.88 bits per heavy atom. The first-order valence-corrected chi connectivity index (χ1v) is 8.58. The molecule has 1 aliphatic rings. The summed E-state index contributed by atoms with van der Waals surface area (Å²) in [5.41, 5.74) is -0.0341. The minimum atomic E-state index is -1.82. The Kier molecular flexibility index (Phi) is 6.84. The first-order chi connectivity index (χ1) is 11.9. The van der Waals surface area contributed by atoms with Crippen molar-refractivity contribution in [2.75, 3.05) is 0 Å². The number of aromatic carboxylic acids is 1. The fourth-order valence-electron chi connectivity index (χ4n) is 3.32. The lowest BCUT2D eigenvalue weighted by Crippen LogP contribution is -2.48. The van der Waals surface area contributed by atoms with Gasteiger partial charge in [0.1, 0.15) is 11.3 Å². The topological polar surface area (TPSA) is 127 Å². The van der Waals surface area contributed by atoms with E-state index < -0.39 is 24.8 Å². The van der Waals surface area contributed by atoms with E-state index in [4.69, 9.17) is 5.11 Å². The maximum atomic E-state index is 12.2. The van der Waals surface area contributed by atoms with Crippen LogP contribution in [0, 0.1) is 5.92 Å². The van der Waals surface area contributed by atoms with E-state index in [-0.39, 0.29) is 23.5 Å². The van der Waals surface area contributed by atoms with Gasteiger partial charge in [-0.3, -0.25) is 4.79 Å². The maximum Gasteiger partial charge on any atom is 0.475 e. The number of carbonyl (C=O) groups excluding carboxylic acids is 1. The summed E-state index contributed by atoms with van der Waals surface area (Å²) in [7, 11) is -1.82. The molecule has 0 unspecified atom stereocenters. The molecule has 0 bridgehead atoms. The molecule has 5 N–H and O–H groups in total. The number of carboxylic acids is 1. The number of para-hydroxylation sites is 1. The second-order valence-corrected chi connectivity index (χ2v) is 6.62. The first kappa shape index (κ1) is 19.3. The van der Waals surface area contributed by atoms with Crippen molar-refractivity contribution in [3.05, 3.63) is 29.3 Å². The minimum Gasteiger partial charge on any atom is -0.507 e. The lowest BCUT2D eigenvalue weighted by atomic mass is 9.75. The van der Waals surface area contributed by atoms with Crippen molar-refractivity contribution in [3.63, 3.8) is 0 Å². The highest BCUT2D eigenvalue weighted by atomic mass is 16.4. The molecule has 1 aliphatic carbocycles. The quantitative estimate of drug-likeness (QED) is 0.469.